The first-order chi connectivity index (χ1) is 9.74. The molecule has 0 saturated carbocycles. The summed E-state index contributed by atoms with van der Waals surface area (Å²) in [4.78, 5) is 12.2. The lowest BCUT2D eigenvalue weighted by molar-refractivity contribution is 0.0921. The van der Waals surface area contributed by atoms with Gasteiger partial charge in [0.15, 0.2) is 5.78 Å². The molecule has 0 aliphatic rings. The lowest BCUT2D eigenvalue weighted by Gasteiger charge is -2.11. The summed E-state index contributed by atoms with van der Waals surface area (Å²) in [5, 5.41) is 0. The molecule has 3 heteroatoms. The number of hydrogen-bond acceptors (Lipinski definition) is 3. The van der Waals surface area contributed by atoms with Crippen LogP contribution in [0.15, 0.2) is 54.6 Å². The molecular formula is C17H19NO2. The minimum Gasteiger partial charge on any atom is -0.457 e. The highest BCUT2D eigenvalue weighted by Gasteiger charge is 2.16. The third-order valence-corrected chi connectivity index (χ3v) is 3.27. The smallest absolute Gasteiger partial charge is 0.167 e. The molecule has 0 bridgehead atoms. The molecule has 0 amide bonds. The van der Waals surface area contributed by atoms with Crippen LogP contribution in [0.3, 0.4) is 0 Å². The van der Waals surface area contributed by atoms with E-state index in [9.17, 15) is 4.79 Å². The van der Waals surface area contributed by atoms with Gasteiger partial charge in [-0.05, 0) is 42.8 Å². The topological polar surface area (TPSA) is 52.3 Å². The Morgan fingerprint density at radius 1 is 1.05 bits per heavy atom. The van der Waals surface area contributed by atoms with Crippen molar-refractivity contribution in [3.8, 4) is 11.5 Å². The number of nitrogens with two attached hydrogens (primary N) is 1. The van der Waals surface area contributed by atoms with Crippen LogP contribution in [0.1, 0.15) is 23.7 Å². The Morgan fingerprint density at radius 2 is 1.65 bits per heavy atom. The van der Waals surface area contributed by atoms with Crippen LogP contribution in [0.2, 0.25) is 0 Å². The average Bonchev–Trinajstić information content (AvgIpc) is 2.50. The fraction of sp³-hybridized carbons (Fsp3) is 0.235. The number of benzene rings is 2. The van der Waals surface area contributed by atoms with Crippen molar-refractivity contribution in [2.45, 2.75) is 13.3 Å². The number of carbonyl (C=O) groups excluding carboxylic acids is 1. The summed E-state index contributed by atoms with van der Waals surface area (Å²) in [6.07, 6.45) is 0.762. The molecule has 0 fully saturated rings. The Labute approximate surface area is 119 Å². The van der Waals surface area contributed by atoms with Crippen LogP contribution in [0.25, 0.3) is 0 Å². The van der Waals surface area contributed by atoms with E-state index in [-0.39, 0.29) is 11.7 Å². The lowest BCUT2D eigenvalue weighted by atomic mass is 9.95. The number of carbonyl (C=O) groups is 1. The molecular weight excluding hydrogens is 250 g/mol. The van der Waals surface area contributed by atoms with E-state index in [0.29, 0.717) is 17.9 Å². The Hall–Kier alpha value is -2.13. The molecule has 0 aliphatic heterocycles. The van der Waals surface area contributed by atoms with Gasteiger partial charge >= 0.3 is 0 Å². The fourth-order valence-corrected chi connectivity index (χ4v) is 2.01. The van der Waals surface area contributed by atoms with Gasteiger partial charge in [-0.15, -0.1) is 0 Å². The van der Waals surface area contributed by atoms with E-state index in [2.05, 4.69) is 0 Å². The molecule has 0 heterocycles. The summed E-state index contributed by atoms with van der Waals surface area (Å²) in [6, 6.07) is 16.7. The molecule has 0 aromatic heterocycles. The first-order valence-corrected chi connectivity index (χ1v) is 6.81. The average molecular weight is 269 g/mol. The first-order valence-electron chi connectivity index (χ1n) is 6.81. The van der Waals surface area contributed by atoms with Crippen LogP contribution in [0.5, 0.6) is 11.5 Å². The first kappa shape index (κ1) is 14.3. The van der Waals surface area contributed by atoms with Gasteiger partial charge in [-0.25, -0.2) is 0 Å². The number of Topliss-reactive ketones (excluding diaryl/α,β-unsaturated/α-hetero) is 1. The van der Waals surface area contributed by atoms with E-state index in [4.69, 9.17) is 10.5 Å². The third kappa shape index (κ3) is 3.45. The Balaban J connectivity index is 2.08. The van der Waals surface area contributed by atoms with Gasteiger partial charge in [0.05, 0.1) is 0 Å². The van der Waals surface area contributed by atoms with E-state index in [1.54, 1.807) is 12.1 Å². The maximum absolute atomic E-state index is 12.2. The number of ether oxygens (including phenoxy) is 1. The molecule has 0 aliphatic carbocycles. The van der Waals surface area contributed by atoms with Crippen LogP contribution in [-0.4, -0.2) is 12.3 Å². The van der Waals surface area contributed by atoms with Gasteiger partial charge in [-0.2, -0.15) is 0 Å². The summed E-state index contributed by atoms with van der Waals surface area (Å²) in [7, 11) is 0. The molecule has 1 unspecified atom stereocenters. The van der Waals surface area contributed by atoms with Gasteiger partial charge < -0.3 is 10.5 Å². The van der Waals surface area contributed by atoms with Gasteiger partial charge in [-0.3, -0.25) is 4.79 Å². The standard InChI is InChI=1S/C17H19NO2/c1-2-13(12-18)17(19)14-8-10-16(11-9-14)20-15-6-4-3-5-7-15/h3-11,13H,2,12,18H2,1H3. The van der Waals surface area contributed by atoms with E-state index in [0.717, 1.165) is 12.2 Å². The zero-order chi connectivity index (χ0) is 14.4. The van der Waals surface area contributed by atoms with Gasteiger partial charge in [0.2, 0.25) is 0 Å². The Kier molecular flexibility index (Phi) is 4.91. The van der Waals surface area contributed by atoms with Crippen LogP contribution in [-0.2, 0) is 0 Å². The monoisotopic (exact) mass is 269 g/mol. The summed E-state index contributed by atoms with van der Waals surface area (Å²) in [6.45, 7) is 2.36. The highest BCUT2D eigenvalue weighted by molar-refractivity contribution is 5.98. The third-order valence-electron chi connectivity index (χ3n) is 3.27. The Bertz CT molecular complexity index is 545. The molecule has 2 aromatic carbocycles. The minimum absolute atomic E-state index is 0.0984. The number of para-hydroxylation sites is 1. The second-order valence-corrected chi connectivity index (χ2v) is 4.64. The van der Waals surface area contributed by atoms with Gasteiger partial charge in [-0.1, -0.05) is 25.1 Å². The van der Waals surface area contributed by atoms with Crippen molar-refractivity contribution in [1.82, 2.24) is 0 Å². The summed E-state index contributed by atoms with van der Waals surface area (Å²) < 4.78 is 5.69. The van der Waals surface area contributed by atoms with Crippen LogP contribution in [0, 0.1) is 5.92 Å². The SMILES string of the molecule is CCC(CN)C(=O)c1ccc(Oc2ccccc2)cc1. The predicted octanol–water partition coefficient (Wildman–Crippen LogP) is 3.65. The summed E-state index contributed by atoms with van der Waals surface area (Å²) in [5.74, 6) is 1.49. The van der Waals surface area contributed by atoms with Crippen molar-refractivity contribution < 1.29 is 9.53 Å². The molecule has 0 radical (unpaired) electrons. The maximum Gasteiger partial charge on any atom is 0.167 e. The maximum atomic E-state index is 12.2. The number of ketones is 1. The van der Waals surface area contributed by atoms with Crippen LogP contribution < -0.4 is 10.5 Å². The molecule has 1 atom stereocenters. The predicted molar refractivity (Wildman–Crippen MR) is 80.1 cm³/mol. The summed E-state index contributed by atoms with van der Waals surface area (Å²) >= 11 is 0. The molecule has 2 aromatic rings. The number of hydrogen-bond donors (Lipinski definition) is 1. The van der Waals surface area contributed by atoms with Gasteiger partial charge in [0.25, 0.3) is 0 Å². The molecule has 0 saturated heterocycles. The molecule has 3 nitrogen and oxygen atoms in total. The van der Waals surface area contributed by atoms with Crippen LogP contribution >= 0.6 is 0 Å². The van der Waals surface area contributed by atoms with E-state index in [1.807, 2.05) is 49.4 Å². The number of rotatable bonds is 6. The van der Waals surface area contributed by atoms with Crippen molar-refractivity contribution in [1.29, 1.82) is 0 Å². The zero-order valence-corrected chi connectivity index (χ0v) is 11.6. The van der Waals surface area contributed by atoms with E-state index >= 15 is 0 Å². The largest absolute Gasteiger partial charge is 0.457 e. The van der Waals surface area contributed by atoms with Gasteiger partial charge in [0, 0.05) is 18.0 Å². The fourth-order valence-electron chi connectivity index (χ4n) is 2.01. The second kappa shape index (κ2) is 6.87. The quantitative estimate of drug-likeness (QED) is 0.814. The molecule has 20 heavy (non-hydrogen) atoms. The Morgan fingerprint density at radius 3 is 2.20 bits per heavy atom. The van der Waals surface area contributed by atoms with Crippen molar-refractivity contribution in [3.63, 3.8) is 0 Å². The van der Waals surface area contributed by atoms with Crippen molar-refractivity contribution >= 4 is 5.78 Å². The highest BCUT2D eigenvalue weighted by atomic mass is 16.5. The van der Waals surface area contributed by atoms with E-state index < -0.39 is 0 Å². The lowest BCUT2D eigenvalue weighted by Crippen LogP contribution is -2.22. The minimum atomic E-state index is -0.101. The van der Waals surface area contributed by atoms with Gasteiger partial charge in [0.1, 0.15) is 11.5 Å². The molecule has 0 spiro atoms. The van der Waals surface area contributed by atoms with Crippen molar-refractivity contribution in [3.05, 3.63) is 60.2 Å². The molecule has 104 valence electrons. The van der Waals surface area contributed by atoms with Crippen molar-refractivity contribution in [2.24, 2.45) is 11.7 Å². The zero-order valence-electron chi connectivity index (χ0n) is 11.6. The normalized spacial score (nSPS) is 11.9. The molecule has 2 N–H and O–H groups in total. The second-order valence-electron chi connectivity index (χ2n) is 4.64. The highest BCUT2D eigenvalue weighted by Crippen LogP contribution is 2.22. The van der Waals surface area contributed by atoms with Crippen molar-refractivity contribution in [2.75, 3.05) is 6.54 Å². The molecule has 2 rings (SSSR count). The van der Waals surface area contributed by atoms with Crippen LogP contribution in [0.4, 0.5) is 0 Å². The summed E-state index contributed by atoms with van der Waals surface area (Å²) in [5.41, 5.74) is 6.29. The van der Waals surface area contributed by atoms with E-state index in [1.165, 1.54) is 0 Å².